The highest BCUT2D eigenvalue weighted by Gasteiger charge is 2.60. The van der Waals surface area contributed by atoms with Gasteiger partial charge in [-0.1, -0.05) is 0 Å². The number of sulfonamides is 3. The summed E-state index contributed by atoms with van der Waals surface area (Å²) in [6, 6.07) is 12.2. The van der Waals surface area contributed by atoms with Gasteiger partial charge >= 0.3 is 6.09 Å². The summed E-state index contributed by atoms with van der Waals surface area (Å²) >= 11 is 0. The molecule has 2 spiro atoms. The summed E-state index contributed by atoms with van der Waals surface area (Å²) in [5.41, 5.74) is 12.2. The van der Waals surface area contributed by atoms with Crippen molar-refractivity contribution in [1.29, 1.82) is 0 Å². The molecule has 1 amide bonds. The van der Waals surface area contributed by atoms with Crippen LogP contribution in [0.4, 0.5) is 21.9 Å². The maximum absolute atomic E-state index is 13.7. The Labute approximate surface area is 506 Å². The van der Waals surface area contributed by atoms with E-state index in [0.717, 1.165) is 74.4 Å². The fourth-order valence-corrected chi connectivity index (χ4v) is 19.6. The monoisotopic (exact) mass is 1240 g/mol. The molecule has 0 unspecified atom stereocenters. The van der Waals surface area contributed by atoms with Crippen molar-refractivity contribution in [3.63, 3.8) is 0 Å². The first-order valence-corrected chi connectivity index (χ1v) is 34.9. The van der Waals surface area contributed by atoms with Crippen LogP contribution in [0.25, 0.3) is 0 Å². The van der Waals surface area contributed by atoms with Gasteiger partial charge in [-0.3, -0.25) is 9.69 Å². The van der Waals surface area contributed by atoms with Crippen LogP contribution in [-0.4, -0.2) is 168 Å². The van der Waals surface area contributed by atoms with Crippen LogP contribution in [0, 0.1) is 41.5 Å². The Balaban J connectivity index is 0.000000155. The van der Waals surface area contributed by atoms with Crippen molar-refractivity contribution in [2.75, 3.05) is 102 Å². The van der Waals surface area contributed by atoms with Crippen molar-refractivity contribution in [2.24, 2.45) is 0 Å². The predicted molar refractivity (Wildman–Crippen MR) is 332 cm³/mol. The third kappa shape index (κ3) is 13.7. The minimum Gasteiger partial charge on any atom is -0.443 e. The summed E-state index contributed by atoms with van der Waals surface area (Å²) in [5, 5.41) is 6.31. The summed E-state index contributed by atoms with van der Waals surface area (Å²) in [4.78, 5) is 25.4. The second kappa shape index (κ2) is 24.6. The highest BCUT2D eigenvalue weighted by Crippen LogP contribution is 2.52. The number of aryl methyl sites for hydroxylation is 6. The summed E-state index contributed by atoms with van der Waals surface area (Å²) in [7, 11) is -4.66. The number of piperidine rings is 3. The Kier molecular flexibility index (Phi) is 18.9. The van der Waals surface area contributed by atoms with E-state index in [1.165, 1.54) is 10.5 Å². The molecule has 22 heteroatoms. The number of ether oxygens (including phenoxy) is 5. The molecule has 3 aromatic carbocycles. The number of ketones is 1. The van der Waals surface area contributed by atoms with Gasteiger partial charge in [0, 0.05) is 116 Å². The van der Waals surface area contributed by atoms with Gasteiger partial charge in [0.2, 0.25) is 30.1 Å². The van der Waals surface area contributed by atoms with E-state index in [0.29, 0.717) is 149 Å². The van der Waals surface area contributed by atoms with E-state index in [9.17, 15) is 34.8 Å². The zero-order valence-corrected chi connectivity index (χ0v) is 54.9. The van der Waals surface area contributed by atoms with Gasteiger partial charge in [0.1, 0.15) is 11.4 Å². The molecule has 5 heterocycles. The number of hydrogen-bond donors (Lipinski definition) is 2. The van der Waals surface area contributed by atoms with Crippen molar-refractivity contribution in [3.05, 3.63) is 86.5 Å². The lowest BCUT2D eigenvalue weighted by atomic mass is 9.96. The molecule has 0 bridgehead atoms. The van der Waals surface area contributed by atoms with E-state index in [1.54, 1.807) is 20.0 Å². The van der Waals surface area contributed by atoms with Crippen molar-refractivity contribution in [1.82, 2.24) is 12.9 Å². The molecule has 3 aliphatic carbocycles. The molecular weight excluding hydrogens is 1140 g/mol. The summed E-state index contributed by atoms with van der Waals surface area (Å²) < 4.78 is 112. The predicted octanol–water partition coefficient (Wildman–Crippen LogP) is 8.92. The average molecular weight is 1240 g/mol. The van der Waals surface area contributed by atoms with Crippen LogP contribution in [0.1, 0.15) is 148 Å². The lowest BCUT2D eigenvalue weighted by molar-refractivity contribution is -0.179. The number of hydrogen-bond acceptors (Lipinski definition) is 15. The largest absolute Gasteiger partial charge is 0.443 e. The molecule has 2 N–H and O–H groups in total. The van der Waals surface area contributed by atoms with Crippen LogP contribution < -0.4 is 15.5 Å². The smallest absolute Gasteiger partial charge is 0.414 e. The number of rotatable bonds is 15. The number of carbonyl (C=O) groups excluding carboxylic acids is 2. The third-order valence-corrected chi connectivity index (χ3v) is 27.2. The van der Waals surface area contributed by atoms with Gasteiger partial charge in [0.05, 0.1) is 40.7 Å². The Morgan fingerprint density at radius 2 is 0.788 bits per heavy atom. The number of nitrogens with zero attached hydrogens (tertiary/aromatic N) is 4. The number of anilines is 3. The zero-order chi connectivity index (χ0) is 61.8. The Morgan fingerprint density at radius 1 is 0.506 bits per heavy atom. The minimum absolute atomic E-state index is 0.167. The number of amides is 1. The van der Waals surface area contributed by atoms with Gasteiger partial charge in [0.15, 0.2) is 11.6 Å². The Bertz CT molecular complexity index is 3240. The van der Waals surface area contributed by atoms with Gasteiger partial charge < -0.3 is 34.3 Å². The summed E-state index contributed by atoms with van der Waals surface area (Å²) in [6.07, 6.45) is 8.60. The van der Waals surface area contributed by atoms with E-state index in [1.807, 2.05) is 74.7 Å². The molecule has 11 rings (SSSR count). The molecular formula is C63H94N6O13S3. The molecule has 3 aromatic rings. The SMILES string of the molecule is CNc1cc(C)c(CC2(S(=O)(=O)N3CCC(=O)CC3)CC2)c(C)c1.CNc1cc(C)c(CC2(S(=O)(=O)N3CCC4(CC3)OCCO4)CC2)c(C)c1.Cc1cc(N(C)C(=O)OC(C)(C)C)cc(C)c1CC1(S(=O)(=O)N2CCC3(CC2)OCCO3)CC1. The third-order valence-electron chi connectivity index (χ3n) is 19.2. The minimum atomic E-state index is -3.45. The molecule has 85 heavy (non-hydrogen) atoms. The maximum atomic E-state index is 13.7. The second-order valence-electron chi connectivity index (χ2n) is 26.3. The fourth-order valence-electron chi connectivity index (χ4n) is 13.2. The zero-order valence-electron chi connectivity index (χ0n) is 52.5. The van der Waals surface area contributed by atoms with Crippen LogP contribution in [0.2, 0.25) is 0 Å². The number of nitrogens with one attached hydrogen (secondary N) is 2. The standard InChI is InChI=1S/C25H38N2O6S.C20H30N2O4S.C18H26N2O3S/c1-18-15-20(26(6)22(28)33-23(3,4)5)16-19(2)21(18)17-24(7-8-24)34(29,30)27-11-9-25(10-12-27)31-13-14-32-25;1-15-12-17(21-3)13-16(2)18(15)14-19(4-5-19)27(23,24)22-8-6-20(7-9-22)25-10-11-26-20;1-13-10-15(19-3)11-14(2)17(13)12-18(6-7-18)24(22,23)20-8-4-16(21)5-9-20/h15-16H,7-14,17H2,1-6H3;12-13,21H,4-11,14H2,1-3H3;10-11,19H,4-9,12H2,1-3H3. The van der Waals surface area contributed by atoms with E-state index in [-0.39, 0.29) is 5.78 Å². The molecule has 5 saturated heterocycles. The van der Waals surface area contributed by atoms with E-state index >= 15 is 0 Å². The first-order valence-electron chi connectivity index (χ1n) is 30.6. The highest BCUT2D eigenvalue weighted by atomic mass is 32.2. The maximum Gasteiger partial charge on any atom is 0.414 e. The van der Waals surface area contributed by atoms with E-state index in [4.69, 9.17) is 23.7 Å². The molecule has 5 aliphatic heterocycles. The van der Waals surface area contributed by atoms with Crippen LogP contribution in [-0.2, 0) is 77.8 Å². The fraction of sp³-hybridized carbons (Fsp3) is 0.683. The number of benzene rings is 3. The van der Waals surface area contributed by atoms with Crippen LogP contribution in [0.3, 0.4) is 0 Å². The van der Waals surface area contributed by atoms with Crippen molar-refractivity contribution >= 4 is 59.0 Å². The van der Waals surface area contributed by atoms with Gasteiger partial charge in [-0.15, -0.1) is 0 Å². The first kappa shape index (κ1) is 65.2. The molecule has 0 aromatic heterocycles. The molecule has 0 atom stereocenters. The van der Waals surface area contributed by atoms with Gasteiger partial charge in [-0.25, -0.2) is 43.0 Å². The van der Waals surface area contributed by atoms with E-state index in [2.05, 4.69) is 48.7 Å². The summed E-state index contributed by atoms with van der Waals surface area (Å²) in [6.45, 7) is 22.6. The van der Waals surface area contributed by atoms with E-state index < -0.39 is 67.6 Å². The second-order valence-corrected chi connectivity index (χ2v) is 33.3. The Morgan fingerprint density at radius 3 is 1.06 bits per heavy atom. The topological polar surface area (TPSA) is 220 Å². The first-order chi connectivity index (χ1) is 39.9. The van der Waals surface area contributed by atoms with Crippen molar-refractivity contribution in [2.45, 2.75) is 190 Å². The number of Topliss-reactive ketones (excluding diaryl/α,β-unsaturated/α-hetero) is 1. The number of carbonyl (C=O) groups is 2. The van der Waals surface area contributed by atoms with Gasteiger partial charge in [-0.2, -0.15) is 0 Å². The van der Waals surface area contributed by atoms with Crippen LogP contribution in [0.15, 0.2) is 36.4 Å². The lowest BCUT2D eigenvalue weighted by Gasteiger charge is -2.38. The van der Waals surface area contributed by atoms with Crippen LogP contribution >= 0.6 is 0 Å². The highest BCUT2D eigenvalue weighted by molar-refractivity contribution is 7.91. The van der Waals surface area contributed by atoms with Crippen molar-refractivity contribution < 1.29 is 58.5 Å². The normalized spacial score (nSPS) is 22.4. The average Bonchev–Trinajstić information content (AvgIpc) is 1.75. The summed E-state index contributed by atoms with van der Waals surface area (Å²) in [5.74, 6) is -0.967. The molecule has 472 valence electrons. The molecule has 8 aliphatic rings. The molecule has 0 radical (unpaired) electrons. The molecule has 3 saturated carbocycles. The molecule has 8 fully saturated rings. The van der Waals surface area contributed by atoms with Gasteiger partial charge in [0.25, 0.3) is 0 Å². The van der Waals surface area contributed by atoms with Crippen molar-refractivity contribution in [3.8, 4) is 0 Å². The van der Waals surface area contributed by atoms with Gasteiger partial charge in [-0.05, 0) is 207 Å². The quantitative estimate of drug-likeness (QED) is 0.145. The Hall–Kier alpha value is -4.23. The van der Waals surface area contributed by atoms with Crippen LogP contribution in [0.5, 0.6) is 0 Å². The molecule has 19 nitrogen and oxygen atoms in total. The lowest BCUT2D eigenvalue weighted by Crippen LogP contribution is -2.50.